The van der Waals surface area contributed by atoms with E-state index in [9.17, 15) is 14.7 Å². The van der Waals surface area contributed by atoms with Gasteiger partial charge in [-0.25, -0.2) is 4.98 Å². The van der Waals surface area contributed by atoms with E-state index < -0.39 is 5.41 Å². The molecule has 2 aliphatic carbocycles. The van der Waals surface area contributed by atoms with Crippen molar-refractivity contribution in [1.29, 1.82) is 0 Å². The number of aliphatic hydroxyl groups excluding tert-OH is 1. The van der Waals surface area contributed by atoms with Crippen LogP contribution in [0.2, 0.25) is 10.0 Å². The van der Waals surface area contributed by atoms with Gasteiger partial charge in [-0.1, -0.05) is 36.2 Å². The van der Waals surface area contributed by atoms with Crippen molar-refractivity contribution >= 4 is 51.7 Å². The number of benzene rings is 2. The molecule has 2 heterocycles. The zero-order valence-corrected chi connectivity index (χ0v) is 27.6. The number of halogens is 2. The number of amides is 2. The molecule has 0 spiro atoms. The second-order valence-corrected chi connectivity index (χ2v) is 14.7. The summed E-state index contributed by atoms with van der Waals surface area (Å²) < 4.78 is 2.06. The highest BCUT2D eigenvalue weighted by molar-refractivity contribution is 6.36. The number of aliphatic hydroxyl groups is 1. The standard InChI is InChI=1S/C34H43Cl2N5O3/c1-19-5-8-23(9-6-19)38-32(43)25-12-27-29(14-28(25)41-16-21-11-22(21)17-41)40(4)30(39-27)13-24-26(35)10-7-20(31(24)36)15-37-33(44)34(2,3)18-42/h7,10,12,14,19,21-23,42H,5-6,8-9,11,13,15-18H2,1-4H3,(H,37,44)(H,38,43). The van der Waals surface area contributed by atoms with Gasteiger partial charge in [0.2, 0.25) is 5.91 Å². The van der Waals surface area contributed by atoms with Gasteiger partial charge in [0.1, 0.15) is 5.82 Å². The summed E-state index contributed by atoms with van der Waals surface area (Å²) in [5.74, 6) is 2.70. The number of imidazole rings is 1. The summed E-state index contributed by atoms with van der Waals surface area (Å²) in [5.41, 5.74) is 3.97. The van der Waals surface area contributed by atoms with E-state index in [0.717, 1.165) is 90.2 Å². The monoisotopic (exact) mass is 639 g/mol. The van der Waals surface area contributed by atoms with E-state index in [4.69, 9.17) is 28.2 Å². The highest BCUT2D eigenvalue weighted by Gasteiger charge is 2.46. The van der Waals surface area contributed by atoms with Crippen molar-refractivity contribution in [2.75, 3.05) is 24.6 Å². The van der Waals surface area contributed by atoms with E-state index in [-0.39, 0.29) is 31.0 Å². The van der Waals surface area contributed by atoms with Crippen LogP contribution in [0.25, 0.3) is 11.0 Å². The number of rotatable bonds is 9. The molecule has 1 aliphatic heterocycles. The van der Waals surface area contributed by atoms with Crippen molar-refractivity contribution in [1.82, 2.24) is 20.2 Å². The van der Waals surface area contributed by atoms with Crippen LogP contribution in [0.3, 0.4) is 0 Å². The van der Waals surface area contributed by atoms with Crippen LogP contribution in [-0.4, -0.2) is 52.2 Å². The van der Waals surface area contributed by atoms with Gasteiger partial charge in [0.05, 0.1) is 39.3 Å². The fraction of sp³-hybridized carbons (Fsp3) is 0.559. The molecule has 44 heavy (non-hydrogen) atoms. The van der Waals surface area contributed by atoms with Gasteiger partial charge in [-0.3, -0.25) is 9.59 Å². The van der Waals surface area contributed by atoms with Crippen molar-refractivity contribution in [3.05, 3.63) is 56.8 Å². The summed E-state index contributed by atoms with van der Waals surface area (Å²) in [4.78, 5) is 33.6. The third-order valence-corrected chi connectivity index (χ3v) is 10.9. The minimum Gasteiger partial charge on any atom is -0.395 e. The highest BCUT2D eigenvalue weighted by Crippen LogP contribution is 2.47. The number of carbonyl (C=O) groups is 2. The maximum atomic E-state index is 13.8. The maximum Gasteiger partial charge on any atom is 0.253 e. The number of hydrogen-bond donors (Lipinski definition) is 3. The molecule has 236 valence electrons. The molecule has 2 saturated carbocycles. The fourth-order valence-electron chi connectivity index (χ4n) is 6.73. The van der Waals surface area contributed by atoms with Gasteiger partial charge < -0.3 is 25.2 Å². The van der Waals surface area contributed by atoms with Crippen LogP contribution in [0.15, 0.2) is 24.3 Å². The van der Waals surface area contributed by atoms with Gasteiger partial charge in [0.15, 0.2) is 0 Å². The Labute approximate surface area is 269 Å². The van der Waals surface area contributed by atoms with E-state index in [1.165, 1.54) is 6.42 Å². The van der Waals surface area contributed by atoms with Crippen LogP contribution in [-0.2, 0) is 24.8 Å². The van der Waals surface area contributed by atoms with Crippen LogP contribution < -0.4 is 15.5 Å². The van der Waals surface area contributed by atoms with Crippen LogP contribution in [0.4, 0.5) is 5.69 Å². The Bertz CT molecular complexity index is 1580. The molecule has 0 bridgehead atoms. The van der Waals surface area contributed by atoms with Gasteiger partial charge in [-0.2, -0.15) is 0 Å². The molecule has 6 rings (SSSR count). The van der Waals surface area contributed by atoms with Gasteiger partial charge in [0, 0.05) is 44.2 Å². The van der Waals surface area contributed by atoms with Crippen LogP contribution in [0.1, 0.15) is 80.2 Å². The first-order chi connectivity index (χ1) is 20.9. The van der Waals surface area contributed by atoms with Gasteiger partial charge in [-0.15, -0.1) is 0 Å². The van der Waals surface area contributed by atoms with Crippen molar-refractivity contribution in [2.45, 2.75) is 71.9 Å². The lowest BCUT2D eigenvalue weighted by atomic mass is 9.87. The SMILES string of the molecule is CC1CCC(NC(=O)c2cc3nc(Cc4c(Cl)ccc(CNC(=O)C(C)(C)CO)c4Cl)n(C)c3cc2N2CC3CC3C2)CC1. The topological polar surface area (TPSA) is 99.5 Å². The molecule has 2 aromatic carbocycles. The zero-order valence-electron chi connectivity index (χ0n) is 26.1. The molecule has 2 amide bonds. The van der Waals surface area contributed by atoms with E-state index in [0.29, 0.717) is 22.0 Å². The molecule has 3 aromatic rings. The number of fused-ring (bicyclic) bond motifs is 2. The van der Waals surface area contributed by atoms with Crippen molar-refractivity contribution < 1.29 is 14.7 Å². The molecule has 0 radical (unpaired) electrons. The first kappa shape index (κ1) is 31.2. The predicted molar refractivity (Wildman–Crippen MR) is 175 cm³/mol. The quantitative estimate of drug-likeness (QED) is 0.272. The summed E-state index contributed by atoms with van der Waals surface area (Å²) in [5, 5.41) is 16.7. The minimum atomic E-state index is -0.895. The summed E-state index contributed by atoms with van der Waals surface area (Å²) in [6.45, 7) is 7.61. The Morgan fingerprint density at radius 2 is 1.80 bits per heavy atom. The summed E-state index contributed by atoms with van der Waals surface area (Å²) in [7, 11) is 1.99. The number of carbonyl (C=O) groups excluding carboxylic acids is 2. The van der Waals surface area contributed by atoms with E-state index in [1.807, 2.05) is 13.1 Å². The fourth-order valence-corrected chi connectivity index (χ4v) is 7.30. The second-order valence-electron chi connectivity index (χ2n) is 13.9. The van der Waals surface area contributed by atoms with E-state index in [1.54, 1.807) is 26.0 Å². The Morgan fingerprint density at radius 1 is 1.09 bits per heavy atom. The first-order valence-electron chi connectivity index (χ1n) is 15.8. The van der Waals surface area contributed by atoms with Crippen LogP contribution >= 0.6 is 23.2 Å². The lowest BCUT2D eigenvalue weighted by Gasteiger charge is -2.28. The molecule has 1 aromatic heterocycles. The number of nitrogens with zero attached hydrogens (tertiary/aromatic N) is 3. The summed E-state index contributed by atoms with van der Waals surface area (Å²) >= 11 is 13.5. The molecular weight excluding hydrogens is 597 g/mol. The minimum absolute atomic E-state index is 0.0144. The molecular formula is C34H43Cl2N5O3. The number of aromatic nitrogens is 2. The molecule has 2 unspecified atom stereocenters. The molecule has 3 fully saturated rings. The summed E-state index contributed by atoms with van der Waals surface area (Å²) in [6, 6.07) is 7.89. The number of hydrogen-bond acceptors (Lipinski definition) is 5. The number of nitrogens with one attached hydrogen (secondary N) is 2. The largest absolute Gasteiger partial charge is 0.395 e. The first-order valence-corrected chi connectivity index (χ1v) is 16.6. The maximum absolute atomic E-state index is 13.8. The Kier molecular flexibility index (Phi) is 8.63. The third-order valence-electron chi connectivity index (χ3n) is 10.1. The molecule has 1 saturated heterocycles. The van der Waals surface area contributed by atoms with E-state index >= 15 is 0 Å². The summed E-state index contributed by atoms with van der Waals surface area (Å²) in [6.07, 6.45) is 6.02. The zero-order chi connectivity index (χ0) is 31.3. The predicted octanol–water partition coefficient (Wildman–Crippen LogP) is 5.87. The Hall–Kier alpha value is -2.81. The molecule has 3 aliphatic rings. The van der Waals surface area contributed by atoms with Crippen LogP contribution in [0, 0.1) is 23.2 Å². The lowest BCUT2D eigenvalue weighted by Crippen LogP contribution is -2.38. The molecule has 8 nitrogen and oxygen atoms in total. The van der Waals surface area contributed by atoms with Gasteiger partial charge in [0.25, 0.3) is 5.91 Å². The normalized spacial score (nSPS) is 23.1. The second kappa shape index (κ2) is 12.2. The Morgan fingerprint density at radius 3 is 2.48 bits per heavy atom. The number of piperidine rings is 1. The lowest BCUT2D eigenvalue weighted by molar-refractivity contribution is -0.131. The van der Waals surface area contributed by atoms with Crippen LogP contribution in [0.5, 0.6) is 0 Å². The molecule has 10 heteroatoms. The van der Waals surface area contributed by atoms with Gasteiger partial charge >= 0.3 is 0 Å². The molecule has 3 N–H and O–H groups in total. The average Bonchev–Trinajstić information content (AvgIpc) is 3.49. The van der Waals surface area contributed by atoms with Crippen molar-refractivity contribution in [3.8, 4) is 0 Å². The smallest absolute Gasteiger partial charge is 0.253 e. The third kappa shape index (κ3) is 6.18. The number of anilines is 1. The van der Waals surface area contributed by atoms with Gasteiger partial charge in [-0.05, 0) is 93.0 Å². The average molecular weight is 641 g/mol. The Balaban J connectivity index is 1.29. The van der Waals surface area contributed by atoms with Crippen molar-refractivity contribution in [3.63, 3.8) is 0 Å². The van der Waals surface area contributed by atoms with E-state index in [2.05, 4.69) is 33.1 Å². The van der Waals surface area contributed by atoms with Crippen molar-refractivity contribution in [2.24, 2.45) is 30.2 Å². The number of aryl methyl sites for hydroxylation is 1. The highest BCUT2D eigenvalue weighted by atomic mass is 35.5. The molecule has 2 atom stereocenters.